The topological polar surface area (TPSA) is 66.9 Å². The van der Waals surface area contributed by atoms with Crippen LogP contribution < -0.4 is 10.6 Å². The summed E-state index contributed by atoms with van der Waals surface area (Å²) < 4.78 is 0. The van der Waals surface area contributed by atoms with Gasteiger partial charge < -0.3 is 5.32 Å². The lowest BCUT2D eigenvalue weighted by atomic mass is 9.85. The maximum Gasteiger partial charge on any atom is 0.321 e. The summed E-state index contributed by atoms with van der Waals surface area (Å²) in [6.45, 7) is 6.70. The first-order chi connectivity index (χ1) is 12.4. The van der Waals surface area contributed by atoms with E-state index < -0.39 is 0 Å². The zero-order valence-corrected chi connectivity index (χ0v) is 15.9. The molecule has 0 aliphatic rings. The quantitative estimate of drug-likeness (QED) is 0.699. The Labute approximate surface area is 157 Å². The van der Waals surface area contributed by atoms with Crippen LogP contribution in [0.25, 0.3) is 0 Å². The van der Waals surface area contributed by atoms with E-state index in [0.29, 0.717) is 11.7 Å². The monoisotopic (exact) mass is 366 g/mol. The summed E-state index contributed by atoms with van der Waals surface area (Å²) in [5, 5.41) is 15.3. The molecule has 0 saturated heterocycles. The number of nitrogens with zero attached hydrogens (tertiary/aromatic N) is 2. The van der Waals surface area contributed by atoms with Crippen molar-refractivity contribution in [2.45, 2.75) is 32.7 Å². The van der Waals surface area contributed by atoms with E-state index in [1.54, 1.807) is 0 Å². The van der Waals surface area contributed by atoms with Crippen LogP contribution in [0.3, 0.4) is 0 Å². The maximum atomic E-state index is 12.1. The number of hydrogen-bond donors (Lipinski definition) is 2. The SMILES string of the molecule is Cc1ccc(CNC(=O)Nc2nnc(C(C)(C)c3ccccc3)s2)cc1. The molecule has 0 radical (unpaired) electrons. The Balaban J connectivity index is 1.61. The summed E-state index contributed by atoms with van der Waals surface area (Å²) in [6, 6.07) is 17.9. The second kappa shape index (κ2) is 7.66. The molecule has 0 spiro atoms. The Kier molecular flexibility index (Phi) is 5.32. The van der Waals surface area contributed by atoms with Crippen LogP contribution in [-0.4, -0.2) is 16.2 Å². The average molecular weight is 366 g/mol. The summed E-state index contributed by atoms with van der Waals surface area (Å²) >= 11 is 1.39. The van der Waals surface area contributed by atoms with Gasteiger partial charge in [-0.2, -0.15) is 0 Å². The zero-order chi connectivity index (χ0) is 18.6. The number of hydrogen-bond acceptors (Lipinski definition) is 4. The van der Waals surface area contributed by atoms with E-state index in [2.05, 4.69) is 46.8 Å². The van der Waals surface area contributed by atoms with Crippen molar-refractivity contribution in [3.63, 3.8) is 0 Å². The van der Waals surface area contributed by atoms with Gasteiger partial charge in [0.15, 0.2) is 0 Å². The molecular weight excluding hydrogens is 344 g/mol. The highest BCUT2D eigenvalue weighted by Gasteiger charge is 2.27. The van der Waals surface area contributed by atoms with Crippen molar-refractivity contribution in [2.75, 3.05) is 5.32 Å². The fourth-order valence-corrected chi connectivity index (χ4v) is 3.40. The van der Waals surface area contributed by atoms with Gasteiger partial charge in [0.2, 0.25) is 5.13 Å². The van der Waals surface area contributed by atoms with Crippen molar-refractivity contribution in [3.05, 3.63) is 76.3 Å². The molecule has 26 heavy (non-hydrogen) atoms. The molecule has 2 amide bonds. The number of carbonyl (C=O) groups excluding carboxylic acids is 1. The summed E-state index contributed by atoms with van der Waals surface area (Å²) in [5.41, 5.74) is 3.14. The van der Waals surface area contributed by atoms with Gasteiger partial charge in [-0.1, -0.05) is 71.5 Å². The van der Waals surface area contributed by atoms with Crippen molar-refractivity contribution in [2.24, 2.45) is 0 Å². The molecule has 0 aliphatic carbocycles. The van der Waals surface area contributed by atoms with Gasteiger partial charge in [0.1, 0.15) is 5.01 Å². The molecule has 1 aromatic heterocycles. The molecule has 3 rings (SSSR count). The molecule has 0 aliphatic heterocycles. The number of anilines is 1. The summed E-state index contributed by atoms with van der Waals surface area (Å²) in [7, 11) is 0. The third kappa shape index (κ3) is 4.26. The van der Waals surface area contributed by atoms with E-state index in [0.717, 1.165) is 16.1 Å². The summed E-state index contributed by atoms with van der Waals surface area (Å²) in [4.78, 5) is 12.1. The van der Waals surface area contributed by atoms with Crippen LogP contribution in [0.5, 0.6) is 0 Å². The van der Waals surface area contributed by atoms with Crippen LogP contribution in [-0.2, 0) is 12.0 Å². The molecule has 1 heterocycles. The Bertz CT molecular complexity index is 872. The lowest BCUT2D eigenvalue weighted by Gasteiger charge is -2.21. The van der Waals surface area contributed by atoms with E-state index in [1.807, 2.05) is 49.4 Å². The number of amides is 2. The highest BCUT2D eigenvalue weighted by atomic mass is 32.1. The smallest absolute Gasteiger partial charge is 0.321 e. The number of urea groups is 1. The van der Waals surface area contributed by atoms with Crippen LogP contribution in [0.2, 0.25) is 0 Å². The van der Waals surface area contributed by atoms with E-state index in [4.69, 9.17) is 0 Å². The van der Waals surface area contributed by atoms with Crippen molar-refractivity contribution in [3.8, 4) is 0 Å². The van der Waals surface area contributed by atoms with Crippen molar-refractivity contribution in [1.29, 1.82) is 0 Å². The standard InChI is InChI=1S/C20H22N4OS/c1-14-9-11-15(12-10-14)13-21-18(25)22-19-24-23-17(26-19)20(2,3)16-7-5-4-6-8-16/h4-12H,13H2,1-3H3,(H2,21,22,24,25). The summed E-state index contributed by atoms with van der Waals surface area (Å²) in [5.74, 6) is 0. The fraction of sp³-hybridized carbons (Fsp3) is 0.250. The molecule has 2 aromatic carbocycles. The normalized spacial score (nSPS) is 11.2. The highest BCUT2D eigenvalue weighted by molar-refractivity contribution is 7.15. The maximum absolute atomic E-state index is 12.1. The van der Waals surface area contributed by atoms with Gasteiger partial charge in [-0.3, -0.25) is 5.32 Å². The third-order valence-electron chi connectivity index (χ3n) is 4.25. The molecule has 134 valence electrons. The number of aromatic nitrogens is 2. The molecule has 0 unspecified atom stereocenters. The van der Waals surface area contributed by atoms with Crippen LogP contribution >= 0.6 is 11.3 Å². The van der Waals surface area contributed by atoms with Crippen LogP contribution in [0.4, 0.5) is 9.93 Å². The second-order valence-corrected chi connectivity index (χ2v) is 7.67. The average Bonchev–Trinajstić information content (AvgIpc) is 3.11. The molecule has 0 atom stereocenters. The second-order valence-electron chi connectivity index (χ2n) is 6.70. The minimum atomic E-state index is -0.286. The minimum Gasteiger partial charge on any atom is -0.334 e. The first kappa shape index (κ1) is 18.1. The van der Waals surface area contributed by atoms with Gasteiger partial charge in [-0.05, 0) is 31.9 Å². The fourth-order valence-electron chi connectivity index (χ4n) is 2.53. The van der Waals surface area contributed by atoms with Crippen LogP contribution in [0.15, 0.2) is 54.6 Å². The van der Waals surface area contributed by atoms with Gasteiger partial charge in [0.25, 0.3) is 0 Å². The number of nitrogens with one attached hydrogen (secondary N) is 2. The molecule has 2 N–H and O–H groups in total. The van der Waals surface area contributed by atoms with E-state index in [9.17, 15) is 4.79 Å². The van der Waals surface area contributed by atoms with Crippen molar-refractivity contribution < 1.29 is 4.79 Å². The Hall–Kier alpha value is -2.73. The van der Waals surface area contributed by atoms with Crippen molar-refractivity contribution in [1.82, 2.24) is 15.5 Å². The van der Waals surface area contributed by atoms with E-state index >= 15 is 0 Å². The molecule has 0 saturated carbocycles. The molecule has 0 bridgehead atoms. The first-order valence-electron chi connectivity index (χ1n) is 8.45. The zero-order valence-electron chi connectivity index (χ0n) is 15.1. The largest absolute Gasteiger partial charge is 0.334 e. The van der Waals surface area contributed by atoms with Crippen LogP contribution in [0.1, 0.15) is 35.5 Å². The number of rotatable bonds is 5. The predicted molar refractivity (Wildman–Crippen MR) is 106 cm³/mol. The minimum absolute atomic E-state index is 0.267. The predicted octanol–water partition coefficient (Wildman–Crippen LogP) is 4.49. The van der Waals surface area contributed by atoms with Gasteiger partial charge >= 0.3 is 6.03 Å². The molecular formula is C20H22N4OS. The number of benzene rings is 2. The molecule has 6 heteroatoms. The molecule has 3 aromatic rings. The Morgan fingerprint density at radius 3 is 2.42 bits per heavy atom. The number of carbonyl (C=O) groups is 1. The highest BCUT2D eigenvalue weighted by Crippen LogP contribution is 2.34. The Morgan fingerprint density at radius 2 is 1.73 bits per heavy atom. The van der Waals surface area contributed by atoms with Gasteiger partial charge in [0.05, 0.1) is 0 Å². The van der Waals surface area contributed by atoms with Gasteiger partial charge in [-0.15, -0.1) is 10.2 Å². The molecule has 0 fully saturated rings. The molecule has 5 nitrogen and oxygen atoms in total. The third-order valence-corrected chi connectivity index (χ3v) is 5.41. The van der Waals surface area contributed by atoms with E-state index in [-0.39, 0.29) is 11.4 Å². The van der Waals surface area contributed by atoms with Crippen molar-refractivity contribution >= 4 is 22.5 Å². The van der Waals surface area contributed by atoms with E-state index in [1.165, 1.54) is 16.9 Å². The number of aryl methyl sites for hydroxylation is 1. The summed E-state index contributed by atoms with van der Waals surface area (Å²) in [6.07, 6.45) is 0. The van der Waals surface area contributed by atoms with Gasteiger partial charge in [-0.25, -0.2) is 4.79 Å². The van der Waals surface area contributed by atoms with Gasteiger partial charge in [0, 0.05) is 12.0 Å². The van der Waals surface area contributed by atoms with Crippen LogP contribution in [0, 0.1) is 6.92 Å². The lowest BCUT2D eigenvalue weighted by molar-refractivity contribution is 0.251. The first-order valence-corrected chi connectivity index (χ1v) is 9.27. The lowest BCUT2D eigenvalue weighted by Crippen LogP contribution is -2.28. The Morgan fingerprint density at radius 1 is 1.04 bits per heavy atom.